The van der Waals surface area contributed by atoms with Crippen molar-refractivity contribution in [3.8, 4) is 0 Å². The molecular weight excluding hydrogens is 537 g/mol. The summed E-state index contributed by atoms with van der Waals surface area (Å²) in [6.07, 6.45) is 1.55. The summed E-state index contributed by atoms with van der Waals surface area (Å²) in [5, 5.41) is 7.51. The van der Waals surface area contributed by atoms with Crippen LogP contribution in [0.15, 0.2) is 29.3 Å². The molecule has 1 fully saturated rings. The largest absolute Gasteiger partial charge is 0.357 e. The quantitative estimate of drug-likeness (QED) is 0.285. The Morgan fingerprint density at radius 1 is 1.23 bits per heavy atom. The van der Waals surface area contributed by atoms with Crippen LogP contribution in [0.4, 0.5) is 0 Å². The number of nitrogens with zero attached hydrogens (tertiary/aromatic N) is 3. The van der Waals surface area contributed by atoms with Gasteiger partial charge in [0.05, 0.1) is 18.3 Å². The van der Waals surface area contributed by atoms with Crippen molar-refractivity contribution < 1.29 is 8.42 Å². The summed E-state index contributed by atoms with van der Waals surface area (Å²) in [5.41, 5.74) is 1.16. The topological polar surface area (TPSA) is 77.0 Å². The highest BCUT2D eigenvalue weighted by Gasteiger charge is 2.27. The van der Waals surface area contributed by atoms with E-state index in [-0.39, 0.29) is 41.8 Å². The van der Waals surface area contributed by atoms with Crippen LogP contribution < -0.4 is 10.6 Å². The smallest absolute Gasteiger partial charge is 0.213 e. The lowest BCUT2D eigenvalue weighted by molar-refractivity contribution is 0.301. The van der Waals surface area contributed by atoms with E-state index in [4.69, 9.17) is 16.6 Å². The zero-order valence-corrected chi connectivity index (χ0v) is 22.2. The first-order valence-corrected chi connectivity index (χ1v) is 12.2. The number of nitrogens with one attached hydrogen (secondary N) is 2. The van der Waals surface area contributed by atoms with Gasteiger partial charge in [0, 0.05) is 30.7 Å². The van der Waals surface area contributed by atoms with Crippen LogP contribution in [0.2, 0.25) is 5.02 Å². The third kappa shape index (κ3) is 8.14. The molecule has 1 saturated heterocycles. The van der Waals surface area contributed by atoms with E-state index in [0.717, 1.165) is 35.9 Å². The maximum absolute atomic E-state index is 12.0. The molecule has 1 unspecified atom stereocenters. The normalized spacial score (nSPS) is 17.5. The molecule has 1 aromatic carbocycles. The predicted molar refractivity (Wildman–Crippen MR) is 136 cm³/mol. The third-order valence-corrected chi connectivity index (χ3v) is 7.33. The Hall–Kier alpha value is -0.620. The van der Waals surface area contributed by atoms with Crippen LogP contribution in [0.25, 0.3) is 0 Å². The fourth-order valence-corrected chi connectivity index (χ4v) is 4.66. The summed E-state index contributed by atoms with van der Waals surface area (Å²) < 4.78 is 25.7. The van der Waals surface area contributed by atoms with E-state index >= 15 is 0 Å². The summed E-state index contributed by atoms with van der Waals surface area (Å²) >= 11 is 6.02. The molecule has 1 aliphatic heterocycles. The van der Waals surface area contributed by atoms with Gasteiger partial charge in [0.15, 0.2) is 5.96 Å². The number of piperidine rings is 1. The lowest BCUT2D eigenvalue weighted by Crippen LogP contribution is -2.50. The number of sulfonamides is 1. The minimum Gasteiger partial charge on any atom is -0.357 e. The van der Waals surface area contributed by atoms with E-state index in [1.54, 1.807) is 11.2 Å². The van der Waals surface area contributed by atoms with Gasteiger partial charge in [0.1, 0.15) is 0 Å². The molecule has 1 heterocycles. The van der Waals surface area contributed by atoms with Crippen LogP contribution >= 0.6 is 35.6 Å². The third-order valence-electron chi connectivity index (χ3n) is 5.20. The number of rotatable bonds is 8. The van der Waals surface area contributed by atoms with Crippen LogP contribution in [0.3, 0.4) is 0 Å². The van der Waals surface area contributed by atoms with E-state index in [1.807, 2.05) is 45.3 Å². The van der Waals surface area contributed by atoms with E-state index in [1.165, 1.54) is 0 Å². The minimum absolute atomic E-state index is 0. The maximum atomic E-state index is 12.0. The van der Waals surface area contributed by atoms with Gasteiger partial charge in [0.2, 0.25) is 10.0 Å². The van der Waals surface area contributed by atoms with Crippen molar-refractivity contribution in [1.29, 1.82) is 0 Å². The highest BCUT2D eigenvalue weighted by Crippen LogP contribution is 2.21. The van der Waals surface area contributed by atoms with Gasteiger partial charge in [-0.3, -0.25) is 4.99 Å². The number of halogens is 2. The molecule has 7 nitrogen and oxygen atoms in total. The first-order chi connectivity index (χ1) is 13.8. The molecule has 2 rings (SSSR count). The van der Waals surface area contributed by atoms with Gasteiger partial charge in [-0.1, -0.05) is 23.7 Å². The Kier molecular flexibility index (Phi) is 11.9. The predicted octanol–water partition coefficient (Wildman–Crippen LogP) is 2.93. The van der Waals surface area contributed by atoms with Gasteiger partial charge in [-0.25, -0.2) is 12.7 Å². The molecule has 1 aromatic rings. The lowest BCUT2D eigenvalue weighted by Gasteiger charge is -2.32. The Morgan fingerprint density at radius 2 is 1.83 bits per heavy atom. The van der Waals surface area contributed by atoms with E-state index in [2.05, 4.69) is 15.5 Å². The van der Waals surface area contributed by atoms with E-state index in [0.29, 0.717) is 19.6 Å². The molecule has 0 amide bonds. The number of benzene rings is 1. The average molecular weight is 572 g/mol. The van der Waals surface area contributed by atoms with Crippen LogP contribution in [0, 0.1) is 0 Å². The first kappa shape index (κ1) is 27.4. The minimum atomic E-state index is -3.10. The van der Waals surface area contributed by atoms with Gasteiger partial charge in [0.25, 0.3) is 0 Å². The second-order valence-electron chi connectivity index (χ2n) is 7.47. The van der Waals surface area contributed by atoms with Crippen LogP contribution in [-0.4, -0.2) is 75.7 Å². The summed E-state index contributed by atoms with van der Waals surface area (Å²) in [6.45, 7) is 6.21. The first-order valence-electron chi connectivity index (χ1n) is 10.2. The van der Waals surface area contributed by atoms with Crippen molar-refractivity contribution in [2.75, 3.05) is 46.0 Å². The second-order valence-corrected chi connectivity index (χ2v) is 10.2. The molecule has 2 N–H and O–H groups in total. The molecule has 1 aliphatic rings. The zero-order valence-electron chi connectivity index (χ0n) is 18.3. The van der Waals surface area contributed by atoms with Crippen molar-refractivity contribution in [3.63, 3.8) is 0 Å². The number of guanidine groups is 1. The molecule has 0 aliphatic carbocycles. The van der Waals surface area contributed by atoms with Gasteiger partial charge in [-0.15, -0.1) is 24.0 Å². The Labute approximate surface area is 203 Å². The fourth-order valence-electron chi connectivity index (χ4n) is 3.40. The molecule has 0 spiro atoms. The lowest BCUT2D eigenvalue weighted by atomic mass is 10.1. The van der Waals surface area contributed by atoms with E-state index in [9.17, 15) is 8.42 Å². The molecule has 10 heteroatoms. The molecule has 30 heavy (non-hydrogen) atoms. The number of hydrogen-bond donors (Lipinski definition) is 2. The second kappa shape index (κ2) is 13.0. The average Bonchev–Trinajstić information content (AvgIpc) is 2.69. The Balaban J connectivity index is 0.00000450. The van der Waals surface area contributed by atoms with Gasteiger partial charge in [-0.05, 0) is 58.5 Å². The van der Waals surface area contributed by atoms with Crippen molar-refractivity contribution in [3.05, 3.63) is 34.9 Å². The molecule has 0 radical (unpaired) electrons. The fraction of sp³-hybridized carbons (Fsp3) is 0.650. The summed E-state index contributed by atoms with van der Waals surface area (Å²) in [4.78, 5) is 6.94. The number of hydrogen-bond acceptors (Lipinski definition) is 4. The van der Waals surface area contributed by atoms with Crippen molar-refractivity contribution in [1.82, 2.24) is 19.8 Å². The van der Waals surface area contributed by atoms with Crippen molar-refractivity contribution in [2.45, 2.75) is 38.8 Å². The zero-order chi connectivity index (χ0) is 21.4. The SMILES string of the molecule is CCNC(=NCC(c1ccc(Cl)cc1)N(C)C)NC1CCN(S(=O)(=O)CC)CC1.I. The van der Waals surface area contributed by atoms with E-state index < -0.39 is 10.0 Å². The molecule has 172 valence electrons. The van der Waals surface area contributed by atoms with Crippen LogP contribution in [-0.2, 0) is 10.0 Å². The number of likely N-dealkylation sites (N-methyl/N-ethyl adjacent to an activating group) is 1. The molecule has 1 atom stereocenters. The van der Waals surface area contributed by atoms with Gasteiger partial charge in [-0.2, -0.15) is 0 Å². The summed E-state index contributed by atoms with van der Waals surface area (Å²) in [5.74, 6) is 0.927. The van der Waals surface area contributed by atoms with Gasteiger partial charge < -0.3 is 15.5 Å². The highest BCUT2D eigenvalue weighted by molar-refractivity contribution is 14.0. The van der Waals surface area contributed by atoms with Crippen molar-refractivity contribution >= 4 is 51.6 Å². The van der Waals surface area contributed by atoms with Crippen LogP contribution in [0.1, 0.15) is 38.3 Å². The van der Waals surface area contributed by atoms with Gasteiger partial charge >= 0.3 is 0 Å². The monoisotopic (exact) mass is 571 g/mol. The summed E-state index contributed by atoms with van der Waals surface area (Å²) in [7, 11) is 0.978. The van der Waals surface area contributed by atoms with Crippen molar-refractivity contribution in [2.24, 2.45) is 4.99 Å². The molecule has 0 aromatic heterocycles. The standard InChI is InChI=1S/C20H34ClN5O2S.HI/c1-5-22-20(24-18-11-13-26(14-12-18)29(27,28)6-2)23-15-19(25(3)4)16-7-9-17(21)10-8-16;/h7-10,18-19H,5-6,11-15H2,1-4H3,(H2,22,23,24);1H. The highest BCUT2D eigenvalue weighted by atomic mass is 127. The molecule has 0 bridgehead atoms. The molecular formula is C20H35ClIN5O2S. The number of aliphatic imine (C=N–C) groups is 1. The maximum Gasteiger partial charge on any atom is 0.213 e. The Morgan fingerprint density at radius 3 is 2.33 bits per heavy atom. The Bertz CT molecular complexity index is 766. The molecule has 0 saturated carbocycles. The summed E-state index contributed by atoms with van der Waals surface area (Å²) in [6, 6.07) is 8.22. The van der Waals surface area contributed by atoms with Crippen LogP contribution in [0.5, 0.6) is 0 Å².